The van der Waals surface area contributed by atoms with Gasteiger partial charge in [-0.05, 0) is 6.92 Å². The van der Waals surface area contributed by atoms with Crippen molar-refractivity contribution in [2.24, 2.45) is 11.5 Å². The Kier molecular flexibility index (Phi) is 3.98. The summed E-state index contributed by atoms with van der Waals surface area (Å²) in [5.41, 5.74) is 10.3. The second kappa shape index (κ2) is 4.05. The maximum Gasteiger partial charge on any atom is 0.102 e. The van der Waals surface area contributed by atoms with Gasteiger partial charge >= 0.3 is 0 Å². The van der Waals surface area contributed by atoms with Crippen molar-refractivity contribution in [3.05, 3.63) is 0 Å². The van der Waals surface area contributed by atoms with Crippen molar-refractivity contribution in [2.75, 3.05) is 13.2 Å². The first kappa shape index (κ1) is 6.88. The van der Waals surface area contributed by atoms with Gasteiger partial charge in [0.05, 0.1) is 6.61 Å². The van der Waals surface area contributed by atoms with Crippen LogP contribution in [0.3, 0.4) is 0 Å². The van der Waals surface area contributed by atoms with E-state index in [0.717, 1.165) is 0 Å². The molecule has 0 rings (SSSR count). The van der Waals surface area contributed by atoms with E-state index in [1.54, 1.807) is 6.92 Å². The van der Waals surface area contributed by atoms with Gasteiger partial charge in [-0.1, -0.05) is 0 Å². The van der Waals surface area contributed by atoms with Crippen LogP contribution in [-0.4, -0.2) is 19.4 Å². The second-order valence-corrected chi connectivity index (χ2v) is 1.36. The van der Waals surface area contributed by atoms with Gasteiger partial charge in [0.15, 0.2) is 0 Å². The molecule has 7 heavy (non-hydrogen) atoms. The number of hydrogen-bond donors (Lipinski definition) is 2. The van der Waals surface area contributed by atoms with E-state index in [4.69, 9.17) is 16.2 Å². The van der Waals surface area contributed by atoms with Crippen molar-refractivity contribution in [1.29, 1.82) is 0 Å². The molecule has 1 atom stereocenters. The summed E-state index contributed by atoms with van der Waals surface area (Å²) in [5, 5.41) is 0. The average Bonchev–Trinajstić information content (AvgIpc) is 1.61. The first-order valence-electron chi connectivity index (χ1n) is 2.34. The first-order valence-corrected chi connectivity index (χ1v) is 2.34. The van der Waals surface area contributed by atoms with Gasteiger partial charge < -0.3 is 16.2 Å². The van der Waals surface area contributed by atoms with E-state index in [2.05, 4.69) is 0 Å². The third-order valence-electron chi connectivity index (χ3n) is 0.499. The van der Waals surface area contributed by atoms with Crippen LogP contribution in [0.5, 0.6) is 0 Å². The Morgan fingerprint density at radius 3 is 2.43 bits per heavy atom. The summed E-state index contributed by atoms with van der Waals surface area (Å²) in [6.07, 6.45) is -0.177. The van der Waals surface area contributed by atoms with E-state index < -0.39 is 0 Å². The summed E-state index contributed by atoms with van der Waals surface area (Å²) >= 11 is 0. The molecule has 0 amide bonds. The summed E-state index contributed by atoms with van der Waals surface area (Å²) in [6, 6.07) is 0. The molecular weight excluding hydrogens is 92.1 g/mol. The number of ether oxygens (including phenoxy) is 1. The lowest BCUT2D eigenvalue weighted by molar-refractivity contribution is 0.0767. The average molecular weight is 104 g/mol. The quantitative estimate of drug-likeness (QED) is 0.464. The molecular formula is C4H12N2O. The van der Waals surface area contributed by atoms with Crippen molar-refractivity contribution >= 4 is 0 Å². The Labute approximate surface area is 43.6 Å². The van der Waals surface area contributed by atoms with Gasteiger partial charge in [0, 0.05) is 6.54 Å². The lowest BCUT2D eigenvalue weighted by Crippen LogP contribution is -2.22. The fourth-order valence-corrected chi connectivity index (χ4v) is 0.254. The van der Waals surface area contributed by atoms with Crippen molar-refractivity contribution in [1.82, 2.24) is 0 Å². The van der Waals surface area contributed by atoms with Gasteiger partial charge in [-0.25, -0.2) is 0 Å². The number of rotatable bonds is 3. The standard InChI is InChI=1S/C4H12N2O/c1-4(6)7-3-2-5/h4H,2-3,5-6H2,1H3. The van der Waals surface area contributed by atoms with Crippen molar-refractivity contribution < 1.29 is 4.74 Å². The van der Waals surface area contributed by atoms with Crippen molar-refractivity contribution in [2.45, 2.75) is 13.2 Å². The summed E-state index contributed by atoms with van der Waals surface area (Å²) in [5.74, 6) is 0. The molecule has 0 aliphatic heterocycles. The number of nitrogens with two attached hydrogens (primary N) is 2. The van der Waals surface area contributed by atoms with Crippen molar-refractivity contribution in [3.63, 3.8) is 0 Å². The molecule has 0 radical (unpaired) electrons. The highest BCUT2D eigenvalue weighted by Crippen LogP contribution is 1.74. The van der Waals surface area contributed by atoms with E-state index in [1.165, 1.54) is 0 Å². The molecule has 0 aromatic carbocycles. The fraction of sp³-hybridized carbons (Fsp3) is 1.00. The van der Waals surface area contributed by atoms with Crippen LogP contribution in [0.4, 0.5) is 0 Å². The third kappa shape index (κ3) is 5.88. The Bertz CT molecular complexity index is 38.7. The predicted octanol–water partition coefficient (Wildman–Crippen LogP) is -0.734. The zero-order chi connectivity index (χ0) is 5.70. The van der Waals surface area contributed by atoms with E-state index in [0.29, 0.717) is 13.2 Å². The van der Waals surface area contributed by atoms with Crippen LogP contribution in [0.25, 0.3) is 0 Å². The Balaban J connectivity index is 2.68. The SMILES string of the molecule is CC(N)OCCN. The predicted molar refractivity (Wildman–Crippen MR) is 28.7 cm³/mol. The zero-order valence-corrected chi connectivity index (χ0v) is 4.55. The fourth-order valence-electron chi connectivity index (χ4n) is 0.254. The summed E-state index contributed by atoms with van der Waals surface area (Å²) in [6.45, 7) is 2.87. The lowest BCUT2D eigenvalue weighted by atomic mass is 10.6. The van der Waals surface area contributed by atoms with Gasteiger partial charge in [0.25, 0.3) is 0 Å². The largest absolute Gasteiger partial charge is 0.363 e. The smallest absolute Gasteiger partial charge is 0.102 e. The molecule has 0 aromatic rings. The van der Waals surface area contributed by atoms with Gasteiger partial charge in [-0.15, -0.1) is 0 Å². The highest BCUT2D eigenvalue weighted by molar-refractivity contribution is 4.34. The van der Waals surface area contributed by atoms with E-state index in [1.807, 2.05) is 0 Å². The monoisotopic (exact) mass is 104 g/mol. The second-order valence-electron chi connectivity index (χ2n) is 1.36. The van der Waals surface area contributed by atoms with Crippen molar-refractivity contribution in [3.8, 4) is 0 Å². The Morgan fingerprint density at radius 2 is 2.29 bits per heavy atom. The van der Waals surface area contributed by atoms with Gasteiger partial charge in [0.2, 0.25) is 0 Å². The molecule has 0 saturated carbocycles. The van der Waals surface area contributed by atoms with E-state index >= 15 is 0 Å². The molecule has 0 aliphatic carbocycles. The zero-order valence-electron chi connectivity index (χ0n) is 4.55. The van der Waals surface area contributed by atoms with Crippen LogP contribution in [0, 0.1) is 0 Å². The minimum absolute atomic E-state index is 0.177. The molecule has 3 nitrogen and oxygen atoms in total. The van der Waals surface area contributed by atoms with Crippen LogP contribution < -0.4 is 11.5 Å². The van der Waals surface area contributed by atoms with E-state index in [-0.39, 0.29) is 6.23 Å². The van der Waals surface area contributed by atoms with Gasteiger partial charge in [-0.3, -0.25) is 0 Å². The van der Waals surface area contributed by atoms with Gasteiger partial charge in [0.1, 0.15) is 6.23 Å². The molecule has 0 heterocycles. The molecule has 0 saturated heterocycles. The lowest BCUT2D eigenvalue weighted by Gasteiger charge is -2.03. The molecule has 0 bridgehead atoms. The third-order valence-corrected chi connectivity index (χ3v) is 0.499. The molecule has 0 aromatic heterocycles. The highest BCUT2D eigenvalue weighted by Gasteiger charge is 1.87. The number of hydrogen-bond acceptors (Lipinski definition) is 3. The molecule has 44 valence electrons. The Morgan fingerprint density at radius 1 is 1.71 bits per heavy atom. The Hall–Kier alpha value is -0.120. The summed E-state index contributed by atoms with van der Waals surface area (Å²) < 4.78 is 4.84. The summed E-state index contributed by atoms with van der Waals surface area (Å²) in [4.78, 5) is 0. The normalized spacial score (nSPS) is 14.1. The molecule has 0 fully saturated rings. The highest BCUT2D eigenvalue weighted by atomic mass is 16.5. The molecule has 4 N–H and O–H groups in total. The van der Waals surface area contributed by atoms with E-state index in [9.17, 15) is 0 Å². The molecule has 0 spiro atoms. The van der Waals surface area contributed by atoms with Gasteiger partial charge in [-0.2, -0.15) is 0 Å². The minimum Gasteiger partial charge on any atom is -0.363 e. The van der Waals surface area contributed by atoms with Crippen LogP contribution in [0.15, 0.2) is 0 Å². The minimum atomic E-state index is -0.177. The van der Waals surface area contributed by atoms with Crippen LogP contribution in [0.1, 0.15) is 6.92 Å². The first-order chi connectivity index (χ1) is 3.27. The van der Waals surface area contributed by atoms with Crippen LogP contribution in [0.2, 0.25) is 0 Å². The molecule has 0 aliphatic rings. The maximum absolute atomic E-state index is 5.20. The molecule has 3 heteroatoms. The molecule has 1 unspecified atom stereocenters. The van der Waals surface area contributed by atoms with Crippen LogP contribution in [-0.2, 0) is 4.74 Å². The van der Waals surface area contributed by atoms with Crippen LogP contribution >= 0.6 is 0 Å². The maximum atomic E-state index is 5.20. The summed E-state index contributed by atoms with van der Waals surface area (Å²) in [7, 11) is 0. The topological polar surface area (TPSA) is 61.3 Å².